The molecule has 0 radical (unpaired) electrons. The van der Waals surface area contributed by atoms with Crippen LogP contribution >= 0.6 is 0 Å². The first-order chi connectivity index (χ1) is 7.68. The van der Waals surface area contributed by atoms with Crippen molar-refractivity contribution in [3.8, 4) is 0 Å². The number of nitrogens with one attached hydrogen (secondary N) is 1. The van der Waals surface area contributed by atoms with Gasteiger partial charge in [-0.3, -0.25) is 4.79 Å². The van der Waals surface area contributed by atoms with Crippen molar-refractivity contribution in [2.45, 2.75) is 57.5 Å². The van der Waals surface area contributed by atoms with Crippen molar-refractivity contribution in [2.24, 2.45) is 5.92 Å². The van der Waals surface area contributed by atoms with Crippen LogP contribution in [-0.4, -0.2) is 36.5 Å². The second-order valence-corrected chi connectivity index (χ2v) is 5.45. The van der Waals surface area contributed by atoms with Gasteiger partial charge >= 0.3 is 0 Å². The molecule has 2 atom stereocenters. The summed E-state index contributed by atoms with van der Waals surface area (Å²) in [5, 5.41) is 3.54. The summed E-state index contributed by atoms with van der Waals surface area (Å²) in [6.45, 7) is 3.16. The molecular weight excluding hydrogens is 200 g/mol. The smallest absolute Gasteiger partial charge is 0.239 e. The normalized spacial score (nSPS) is 29.8. The second-order valence-electron chi connectivity index (χ2n) is 5.45. The quantitative estimate of drug-likeness (QED) is 0.792. The maximum atomic E-state index is 11.8. The van der Waals surface area contributed by atoms with Gasteiger partial charge in [0.15, 0.2) is 0 Å². The van der Waals surface area contributed by atoms with E-state index < -0.39 is 0 Å². The average Bonchev–Trinajstić information content (AvgIpc) is 2.62. The van der Waals surface area contributed by atoms with E-state index in [4.69, 9.17) is 0 Å². The van der Waals surface area contributed by atoms with Gasteiger partial charge in [0, 0.05) is 19.6 Å². The van der Waals surface area contributed by atoms with Crippen LogP contribution in [0, 0.1) is 5.92 Å². The molecule has 1 aliphatic carbocycles. The van der Waals surface area contributed by atoms with E-state index in [1.165, 1.54) is 32.1 Å². The Morgan fingerprint density at radius 3 is 2.50 bits per heavy atom. The fourth-order valence-electron chi connectivity index (χ4n) is 3.06. The predicted molar refractivity (Wildman–Crippen MR) is 65.2 cm³/mol. The van der Waals surface area contributed by atoms with Crippen molar-refractivity contribution >= 4 is 5.91 Å². The molecule has 2 unspecified atom stereocenters. The van der Waals surface area contributed by atoms with E-state index in [0.29, 0.717) is 6.04 Å². The summed E-state index contributed by atoms with van der Waals surface area (Å²) in [6.07, 6.45) is 7.79. The lowest BCUT2D eigenvalue weighted by atomic mass is 9.84. The summed E-state index contributed by atoms with van der Waals surface area (Å²) in [5.74, 6) is 1.06. The monoisotopic (exact) mass is 224 g/mol. The van der Waals surface area contributed by atoms with Gasteiger partial charge in [0.1, 0.15) is 0 Å². The zero-order valence-corrected chi connectivity index (χ0v) is 10.5. The molecule has 0 aromatic heterocycles. The second kappa shape index (κ2) is 5.17. The summed E-state index contributed by atoms with van der Waals surface area (Å²) >= 11 is 0. The van der Waals surface area contributed by atoms with E-state index in [2.05, 4.69) is 12.2 Å². The molecule has 0 aromatic rings. The maximum Gasteiger partial charge on any atom is 0.239 e. The number of hydrogen-bond donors (Lipinski definition) is 1. The van der Waals surface area contributed by atoms with Crippen molar-refractivity contribution in [3.63, 3.8) is 0 Å². The molecule has 0 spiro atoms. The number of carbonyl (C=O) groups is 1. The van der Waals surface area contributed by atoms with Crippen molar-refractivity contribution in [1.29, 1.82) is 0 Å². The van der Waals surface area contributed by atoms with E-state index in [0.717, 1.165) is 18.9 Å². The van der Waals surface area contributed by atoms with Gasteiger partial charge in [-0.2, -0.15) is 0 Å². The first-order valence-corrected chi connectivity index (χ1v) is 6.69. The van der Waals surface area contributed by atoms with Crippen LogP contribution in [0.4, 0.5) is 0 Å². The highest BCUT2D eigenvalue weighted by molar-refractivity contribution is 5.83. The Balaban J connectivity index is 1.82. The van der Waals surface area contributed by atoms with Gasteiger partial charge < -0.3 is 10.2 Å². The number of nitrogens with zero attached hydrogens (tertiary/aromatic N) is 1. The van der Waals surface area contributed by atoms with Gasteiger partial charge in [-0.05, 0) is 32.1 Å². The lowest BCUT2D eigenvalue weighted by Gasteiger charge is -2.30. The minimum atomic E-state index is 0.0851. The molecule has 1 heterocycles. The van der Waals surface area contributed by atoms with Crippen LogP contribution in [0.3, 0.4) is 0 Å². The Hall–Kier alpha value is -0.570. The van der Waals surface area contributed by atoms with E-state index >= 15 is 0 Å². The van der Waals surface area contributed by atoms with Crippen LogP contribution in [-0.2, 0) is 4.79 Å². The van der Waals surface area contributed by atoms with Gasteiger partial charge in [-0.15, -0.1) is 0 Å². The minimum Gasteiger partial charge on any atom is -0.344 e. The molecule has 1 aliphatic heterocycles. The number of likely N-dealkylation sites (N-methyl/N-ethyl adjacent to an activating group) is 1. The summed E-state index contributed by atoms with van der Waals surface area (Å²) in [6, 6.07) is 0.586. The molecule has 3 nitrogen and oxygen atoms in total. The fraction of sp³-hybridized carbons (Fsp3) is 0.923. The Kier molecular flexibility index (Phi) is 3.85. The zero-order valence-electron chi connectivity index (χ0n) is 10.5. The predicted octanol–water partition coefficient (Wildman–Crippen LogP) is 1.78. The van der Waals surface area contributed by atoms with Gasteiger partial charge in [0.05, 0.1) is 6.04 Å². The summed E-state index contributed by atoms with van der Waals surface area (Å²) < 4.78 is 0. The fourth-order valence-corrected chi connectivity index (χ4v) is 3.06. The number of carbonyl (C=O) groups excluding carboxylic acids is 1. The van der Waals surface area contributed by atoms with Crippen molar-refractivity contribution < 1.29 is 4.79 Å². The molecule has 2 rings (SSSR count). The van der Waals surface area contributed by atoms with E-state index in [1.807, 2.05) is 11.9 Å². The average molecular weight is 224 g/mol. The molecule has 16 heavy (non-hydrogen) atoms. The highest BCUT2D eigenvalue weighted by Crippen LogP contribution is 2.27. The third-order valence-corrected chi connectivity index (χ3v) is 4.25. The van der Waals surface area contributed by atoms with Crippen molar-refractivity contribution in [2.75, 3.05) is 13.6 Å². The van der Waals surface area contributed by atoms with Crippen LogP contribution in [0.25, 0.3) is 0 Å². The highest BCUT2D eigenvalue weighted by Gasteiger charge is 2.31. The van der Waals surface area contributed by atoms with Crippen LogP contribution in [0.1, 0.15) is 45.4 Å². The molecule has 1 amide bonds. The zero-order chi connectivity index (χ0) is 11.5. The van der Waals surface area contributed by atoms with Crippen molar-refractivity contribution in [3.05, 3.63) is 0 Å². The van der Waals surface area contributed by atoms with Gasteiger partial charge in [-0.1, -0.05) is 19.3 Å². The lowest BCUT2D eigenvalue weighted by Crippen LogP contribution is -2.45. The SMILES string of the molecule is CC(NC1CCN(C)C1=O)C1CCCCC1. The number of likely N-dealkylation sites (tertiary alicyclic amines) is 1. The molecule has 1 N–H and O–H groups in total. The maximum absolute atomic E-state index is 11.8. The molecule has 2 aliphatic rings. The van der Waals surface area contributed by atoms with Gasteiger partial charge in [0.2, 0.25) is 5.91 Å². The van der Waals surface area contributed by atoms with Crippen LogP contribution in [0.15, 0.2) is 0 Å². The Bertz CT molecular complexity index is 248. The third kappa shape index (κ3) is 2.57. The first-order valence-electron chi connectivity index (χ1n) is 6.69. The van der Waals surface area contributed by atoms with Crippen LogP contribution < -0.4 is 5.32 Å². The van der Waals surface area contributed by atoms with E-state index in [9.17, 15) is 4.79 Å². The third-order valence-electron chi connectivity index (χ3n) is 4.25. The summed E-state index contributed by atoms with van der Waals surface area (Å²) in [4.78, 5) is 13.6. The minimum absolute atomic E-state index is 0.0851. The topological polar surface area (TPSA) is 32.3 Å². The molecule has 92 valence electrons. The summed E-state index contributed by atoms with van der Waals surface area (Å²) in [7, 11) is 1.90. The first kappa shape index (κ1) is 11.9. The van der Waals surface area contributed by atoms with Gasteiger partial charge in [-0.25, -0.2) is 0 Å². The number of amides is 1. The van der Waals surface area contributed by atoms with Gasteiger partial charge in [0.25, 0.3) is 0 Å². The standard InChI is InChI=1S/C13H24N2O/c1-10(11-6-4-3-5-7-11)14-12-8-9-15(2)13(12)16/h10-12,14H,3-9H2,1-2H3. The number of hydrogen-bond acceptors (Lipinski definition) is 2. The molecule has 1 saturated carbocycles. The van der Waals surface area contributed by atoms with E-state index in [-0.39, 0.29) is 11.9 Å². The largest absolute Gasteiger partial charge is 0.344 e. The molecule has 1 saturated heterocycles. The van der Waals surface area contributed by atoms with Crippen LogP contribution in [0.2, 0.25) is 0 Å². The van der Waals surface area contributed by atoms with Crippen molar-refractivity contribution in [1.82, 2.24) is 10.2 Å². The van der Waals surface area contributed by atoms with Crippen LogP contribution in [0.5, 0.6) is 0 Å². The van der Waals surface area contributed by atoms with E-state index in [1.54, 1.807) is 0 Å². The Labute approximate surface area is 98.6 Å². The Morgan fingerprint density at radius 2 is 1.94 bits per heavy atom. The molecule has 3 heteroatoms. The molecular formula is C13H24N2O. The molecule has 0 bridgehead atoms. The summed E-state index contributed by atoms with van der Waals surface area (Å²) in [5.41, 5.74) is 0. The highest BCUT2D eigenvalue weighted by atomic mass is 16.2. The molecule has 0 aromatic carbocycles. The number of rotatable bonds is 3. The Morgan fingerprint density at radius 1 is 1.25 bits per heavy atom. The molecule has 2 fully saturated rings. The lowest BCUT2D eigenvalue weighted by molar-refractivity contribution is -0.128.